The van der Waals surface area contributed by atoms with Gasteiger partial charge in [-0.3, -0.25) is 4.99 Å². The van der Waals surface area contributed by atoms with Crippen molar-refractivity contribution in [1.29, 1.82) is 0 Å². The van der Waals surface area contributed by atoms with E-state index in [2.05, 4.69) is 39.8 Å². The Labute approximate surface area is 147 Å². The number of aliphatic imine (C=N–C) groups is 1. The van der Waals surface area contributed by atoms with E-state index in [-0.39, 0.29) is 24.0 Å². The molecule has 0 saturated heterocycles. The van der Waals surface area contributed by atoms with E-state index < -0.39 is 0 Å². The van der Waals surface area contributed by atoms with E-state index in [0.29, 0.717) is 35.0 Å². The quantitative estimate of drug-likeness (QED) is 0.290. The second-order valence-corrected chi connectivity index (χ2v) is 5.05. The molecule has 0 unspecified atom stereocenters. The van der Waals surface area contributed by atoms with Gasteiger partial charge in [0.05, 0.1) is 10.0 Å². The molecule has 3 N–H and O–H groups in total. The average Bonchev–Trinajstić information content (AvgIpc) is 2.34. The van der Waals surface area contributed by atoms with Crippen LogP contribution in [0, 0.1) is 0 Å². The molecule has 0 fully saturated rings. The van der Waals surface area contributed by atoms with Crippen LogP contribution in [0.25, 0.3) is 0 Å². The third kappa shape index (κ3) is 7.35. The van der Waals surface area contributed by atoms with Gasteiger partial charge >= 0.3 is 0 Å². The summed E-state index contributed by atoms with van der Waals surface area (Å²) in [4.78, 5) is 8.22. The highest BCUT2D eigenvalue weighted by Gasteiger charge is 2.02. The van der Waals surface area contributed by atoms with Crippen molar-refractivity contribution in [3.05, 3.63) is 22.3 Å². The molecule has 0 saturated carbocycles. The van der Waals surface area contributed by atoms with Crippen LogP contribution in [0.1, 0.15) is 13.8 Å². The molecule has 0 aliphatic rings. The Kier molecular flexibility index (Phi) is 10.0. The smallest absolute Gasteiger partial charge is 0.191 e. The van der Waals surface area contributed by atoms with E-state index >= 15 is 0 Å². The Balaban J connectivity index is 0.00000361. The fraction of sp³-hybridized carbons (Fsp3) is 0.500. The van der Waals surface area contributed by atoms with Crippen LogP contribution in [-0.2, 0) is 0 Å². The SMILES string of the molecule is CN=C(NCCNc1ncc(Cl)cc1Cl)NC(C)C.I. The second kappa shape index (κ2) is 10.3. The summed E-state index contributed by atoms with van der Waals surface area (Å²) in [5.74, 6) is 1.40. The molecule has 0 amide bonds. The van der Waals surface area contributed by atoms with E-state index in [1.165, 1.54) is 0 Å². The molecule has 8 heteroatoms. The van der Waals surface area contributed by atoms with Crippen LogP contribution in [0.5, 0.6) is 0 Å². The maximum absolute atomic E-state index is 6.00. The zero-order valence-corrected chi connectivity index (χ0v) is 15.5. The van der Waals surface area contributed by atoms with Crippen LogP contribution in [-0.4, -0.2) is 37.1 Å². The van der Waals surface area contributed by atoms with Gasteiger partial charge in [-0.2, -0.15) is 0 Å². The summed E-state index contributed by atoms with van der Waals surface area (Å²) < 4.78 is 0. The molecule has 0 aliphatic carbocycles. The molecule has 0 bridgehead atoms. The minimum absolute atomic E-state index is 0. The minimum Gasteiger partial charge on any atom is -0.367 e. The number of hydrogen-bond donors (Lipinski definition) is 3. The molecule has 5 nitrogen and oxygen atoms in total. The molecule has 1 rings (SSSR count). The van der Waals surface area contributed by atoms with Gasteiger partial charge in [-0.15, -0.1) is 24.0 Å². The minimum atomic E-state index is 0. The molecule has 0 aliphatic heterocycles. The predicted molar refractivity (Wildman–Crippen MR) is 97.8 cm³/mol. The normalized spacial score (nSPS) is 11.0. The first-order chi connectivity index (χ1) is 9.02. The lowest BCUT2D eigenvalue weighted by Gasteiger charge is -2.14. The zero-order chi connectivity index (χ0) is 14.3. The Morgan fingerprint density at radius 3 is 2.60 bits per heavy atom. The molecule has 0 atom stereocenters. The van der Waals surface area contributed by atoms with E-state index in [1.807, 2.05) is 0 Å². The Morgan fingerprint density at radius 1 is 1.35 bits per heavy atom. The second-order valence-electron chi connectivity index (χ2n) is 4.21. The molecule has 20 heavy (non-hydrogen) atoms. The van der Waals surface area contributed by atoms with Crippen molar-refractivity contribution in [3.8, 4) is 0 Å². The summed E-state index contributed by atoms with van der Waals surface area (Å²) in [6.07, 6.45) is 1.56. The lowest BCUT2D eigenvalue weighted by atomic mass is 10.4. The highest BCUT2D eigenvalue weighted by atomic mass is 127. The van der Waals surface area contributed by atoms with Crippen LogP contribution in [0.15, 0.2) is 17.3 Å². The molecule has 1 heterocycles. The van der Waals surface area contributed by atoms with E-state index in [0.717, 1.165) is 5.96 Å². The summed E-state index contributed by atoms with van der Waals surface area (Å²) in [5, 5.41) is 10.5. The summed E-state index contributed by atoms with van der Waals surface area (Å²) in [5.41, 5.74) is 0. The fourth-order valence-corrected chi connectivity index (χ4v) is 1.82. The number of nitrogens with one attached hydrogen (secondary N) is 3. The number of rotatable bonds is 5. The van der Waals surface area contributed by atoms with Crippen LogP contribution in [0.3, 0.4) is 0 Å². The van der Waals surface area contributed by atoms with Crippen molar-refractivity contribution >= 4 is 59.0 Å². The van der Waals surface area contributed by atoms with Crippen molar-refractivity contribution in [2.24, 2.45) is 4.99 Å². The average molecular weight is 432 g/mol. The number of hydrogen-bond acceptors (Lipinski definition) is 3. The van der Waals surface area contributed by atoms with Crippen molar-refractivity contribution in [2.75, 3.05) is 25.5 Å². The van der Waals surface area contributed by atoms with Gasteiger partial charge in [0.2, 0.25) is 0 Å². The third-order valence-corrected chi connectivity index (χ3v) is 2.66. The molecular formula is C12H20Cl2IN5. The van der Waals surface area contributed by atoms with E-state index in [9.17, 15) is 0 Å². The predicted octanol–water partition coefficient (Wildman–Crippen LogP) is 2.99. The van der Waals surface area contributed by atoms with Gasteiger partial charge in [0.1, 0.15) is 5.82 Å². The molecule has 0 radical (unpaired) electrons. The first-order valence-corrected chi connectivity index (χ1v) is 6.80. The molecule has 114 valence electrons. The topological polar surface area (TPSA) is 61.3 Å². The number of aromatic nitrogens is 1. The molecular weight excluding hydrogens is 412 g/mol. The molecule has 0 spiro atoms. The van der Waals surface area contributed by atoms with Gasteiger partial charge in [0.15, 0.2) is 5.96 Å². The largest absolute Gasteiger partial charge is 0.367 e. The number of pyridine rings is 1. The van der Waals surface area contributed by atoms with Crippen LogP contribution >= 0.6 is 47.2 Å². The number of guanidine groups is 1. The van der Waals surface area contributed by atoms with Gasteiger partial charge in [0, 0.05) is 32.4 Å². The highest BCUT2D eigenvalue weighted by molar-refractivity contribution is 14.0. The van der Waals surface area contributed by atoms with Gasteiger partial charge in [-0.05, 0) is 19.9 Å². The third-order valence-electron chi connectivity index (χ3n) is 2.17. The monoisotopic (exact) mass is 431 g/mol. The Bertz CT molecular complexity index is 440. The standard InChI is InChI=1S/C12H19Cl2N5.HI/c1-8(2)19-12(15-3)17-5-4-16-11-10(14)6-9(13)7-18-11;/h6-8H,4-5H2,1-3H3,(H,16,18)(H2,15,17,19);1H. The fourth-order valence-electron chi connectivity index (χ4n) is 1.37. The molecule has 0 aromatic carbocycles. The first kappa shape index (κ1) is 19.5. The van der Waals surface area contributed by atoms with Crippen molar-refractivity contribution in [2.45, 2.75) is 19.9 Å². The molecule has 1 aromatic heterocycles. The van der Waals surface area contributed by atoms with Crippen LogP contribution < -0.4 is 16.0 Å². The lowest BCUT2D eigenvalue weighted by Crippen LogP contribution is -2.42. The summed E-state index contributed by atoms with van der Waals surface area (Å²) in [6.45, 7) is 5.49. The number of anilines is 1. The van der Waals surface area contributed by atoms with E-state index in [4.69, 9.17) is 23.2 Å². The Morgan fingerprint density at radius 2 is 2.05 bits per heavy atom. The maximum atomic E-state index is 6.00. The van der Waals surface area contributed by atoms with Gasteiger partial charge in [-0.1, -0.05) is 23.2 Å². The summed E-state index contributed by atoms with van der Waals surface area (Å²) in [6, 6.07) is 2.00. The highest BCUT2D eigenvalue weighted by Crippen LogP contribution is 2.21. The van der Waals surface area contributed by atoms with Gasteiger partial charge in [-0.25, -0.2) is 4.98 Å². The number of halogens is 3. The zero-order valence-electron chi connectivity index (χ0n) is 11.7. The summed E-state index contributed by atoms with van der Waals surface area (Å²) >= 11 is 11.8. The van der Waals surface area contributed by atoms with Crippen molar-refractivity contribution in [1.82, 2.24) is 15.6 Å². The van der Waals surface area contributed by atoms with Crippen LogP contribution in [0.4, 0.5) is 5.82 Å². The number of nitrogens with zero attached hydrogens (tertiary/aromatic N) is 2. The molecule has 1 aromatic rings. The maximum Gasteiger partial charge on any atom is 0.191 e. The van der Waals surface area contributed by atoms with Gasteiger partial charge in [0.25, 0.3) is 0 Å². The first-order valence-electron chi connectivity index (χ1n) is 6.05. The van der Waals surface area contributed by atoms with E-state index in [1.54, 1.807) is 19.3 Å². The van der Waals surface area contributed by atoms with Crippen molar-refractivity contribution < 1.29 is 0 Å². The lowest BCUT2D eigenvalue weighted by molar-refractivity contribution is 0.702. The van der Waals surface area contributed by atoms with Crippen molar-refractivity contribution in [3.63, 3.8) is 0 Å². The summed E-state index contributed by atoms with van der Waals surface area (Å²) in [7, 11) is 1.74. The Hall–Kier alpha value is -0.470. The van der Waals surface area contributed by atoms with Gasteiger partial charge < -0.3 is 16.0 Å². The van der Waals surface area contributed by atoms with Crippen LogP contribution in [0.2, 0.25) is 10.0 Å².